The van der Waals surface area contributed by atoms with Gasteiger partial charge in [-0.2, -0.15) is 0 Å². The van der Waals surface area contributed by atoms with Crippen LogP contribution in [0.15, 0.2) is 152 Å². The monoisotopic (exact) mass is 486 g/mol. The number of benzene rings is 5. The van der Waals surface area contributed by atoms with Gasteiger partial charge in [0.15, 0.2) is 0 Å². The molecule has 0 amide bonds. The van der Waals surface area contributed by atoms with Crippen molar-refractivity contribution >= 4 is 34.4 Å². The van der Waals surface area contributed by atoms with Crippen molar-refractivity contribution in [2.24, 2.45) is 0 Å². The minimum Gasteiger partial charge on any atom is -0.315 e. The lowest BCUT2D eigenvalue weighted by atomic mass is 9.90. The van der Waals surface area contributed by atoms with Gasteiger partial charge in [0.25, 0.3) is 0 Å². The van der Waals surface area contributed by atoms with Gasteiger partial charge in [0.05, 0.1) is 11.4 Å². The fourth-order valence-electron chi connectivity index (χ4n) is 5.49. The second kappa shape index (κ2) is 9.42. The van der Waals surface area contributed by atoms with Crippen LogP contribution in [0.4, 0.5) is 22.7 Å². The summed E-state index contributed by atoms with van der Waals surface area (Å²) in [4.78, 5) is 4.66. The summed E-state index contributed by atoms with van der Waals surface area (Å²) in [5.41, 5.74) is 9.48. The molecule has 0 saturated heterocycles. The van der Waals surface area contributed by atoms with Crippen molar-refractivity contribution < 1.29 is 0 Å². The molecule has 0 radical (unpaired) electrons. The first kappa shape index (κ1) is 22.1. The molecule has 2 aliphatic rings. The van der Waals surface area contributed by atoms with E-state index in [1.807, 2.05) is 0 Å². The Morgan fingerprint density at radius 2 is 1.00 bits per heavy atom. The lowest BCUT2D eigenvalue weighted by molar-refractivity contribution is 1.18. The first-order valence-electron chi connectivity index (χ1n) is 13.0. The Kier molecular flexibility index (Phi) is 5.49. The Morgan fingerprint density at radius 1 is 0.474 bits per heavy atom. The third-order valence-electron chi connectivity index (χ3n) is 7.19. The van der Waals surface area contributed by atoms with Crippen molar-refractivity contribution in [2.75, 3.05) is 9.80 Å². The van der Waals surface area contributed by atoms with E-state index in [1.54, 1.807) is 0 Å². The Balaban J connectivity index is 1.66. The maximum Gasteiger partial charge on any atom is 0.0789 e. The van der Waals surface area contributed by atoms with Gasteiger partial charge in [-0.1, -0.05) is 103 Å². The summed E-state index contributed by atoms with van der Waals surface area (Å²) >= 11 is 0. The van der Waals surface area contributed by atoms with Crippen LogP contribution >= 0.6 is 0 Å². The molecule has 2 nitrogen and oxygen atoms in total. The summed E-state index contributed by atoms with van der Waals surface area (Å²) in [6, 6.07) is 45.1. The van der Waals surface area contributed by atoms with Crippen LogP contribution in [0.2, 0.25) is 0 Å². The first-order chi connectivity index (χ1) is 18.9. The smallest absolute Gasteiger partial charge is 0.0789 e. The molecule has 7 rings (SSSR count). The minimum atomic E-state index is 1.13. The third-order valence-corrected chi connectivity index (χ3v) is 7.19. The molecule has 0 aliphatic carbocycles. The molecule has 0 bridgehead atoms. The molecular weight excluding hydrogens is 460 g/mol. The average molecular weight is 487 g/mol. The van der Waals surface area contributed by atoms with Crippen molar-refractivity contribution in [1.82, 2.24) is 0 Å². The van der Waals surface area contributed by atoms with Gasteiger partial charge in [-0.15, -0.1) is 0 Å². The van der Waals surface area contributed by atoms with Crippen molar-refractivity contribution in [2.45, 2.75) is 0 Å². The standard InChI is InChI=1S/C36H26N2/c1-5-14-27(15-6-1)32-23-25-38(31-21-11-4-12-22-31)36-34(32)33(28-16-7-2-8-17-28)26-29-18-13-24-37(35(29)36)30-19-9-3-10-20-30/h1-26H. The number of rotatable bonds is 4. The van der Waals surface area contributed by atoms with Crippen molar-refractivity contribution in [1.29, 1.82) is 0 Å². The summed E-state index contributed by atoms with van der Waals surface area (Å²) in [5.74, 6) is 0. The highest BCUT2D eigenvalue weighted by molar-refractivity contribution is 5.96. The van der Waals surface area contributed by atoms with Gasteiger partial charge in [0.2, 0.25) is 0 Å². The molecule has 5 aromatic rings. The lowest BCUT2D eigenvalue weighted by Crippen LogP contribution is -2.33. The molecule has 0 spiro atoms. The van der Waals surface area contributed by atoms with Gasteiger partial charge in [-0.05, 0) is 64.7 Å². The molecule has 0 saturated carbocycles. The van der Waals surface area contributed by atoms with Crippen LogP contribution < -0.4 is 20.2 Å². The van der Waals surface area contributed by atoms with Crippen LogP contribution in [0.25, 0.3) is 22.8 Å². The third kappa shape index (κ3) is 3.75. The fraction of sp³-hybridized carbons (Fsp3) is 0. The van der Waals surface area contributed by atoms with E-state index in [0.717, 1.165) is 11.4 Å². The molecule has 0 N–H and O–H groups in total. The molecular formula is C36H26N2. The van der Waals surface area contributed by atoms with Crippen LogP contribution in [-0.2, 0) is 0 Å². The van der Waals surface area contributed by atoms with E-state index in [0.29, 0.717) is 0 Å². The molecule has 0 unspecified atom stereocenters. The fourth-order valence-corrected chi connectivity index (χ4v) is 5.49. The number of anilines is 4. The van der Waals surface area contributed by atoms with Crippen LogP contribution in [0.1, 0.15) is 5.56 Å². The van der Waals surface area contributed by atoms with E-state index in [-0.39, 0.29) is 0 Å². The van der Waals surface area contributed by atoms with Gasteiger partial charge < -0.3 is 9.80 Å². The maximum absolute atomic E-state index is 2.36. The van der Waals surface area contributed by atoms with Gasteiger partial charge >= 0.3 is 0 Å². The van der Waals surface area contributed by atoms with E-state index < -0.39 is 0 Å². The predicted octanol–water partition coefficient (Wildman–Crippen LogP) is 7.66. The number of hydrogen-bond donors (Lipinski definition) is 0. The molecule has 0 aromatic heterocycles. The van der Waals surface area contributed by atoms with Crippen LogP contribution in [-0.4, -0.2) is 0 Å². The molecule has 2 heterocycles. The summed E-state index contributed by atoms with van der Waals surface area (Å²) in [7, 11) is 0. The Hall–Kier alpha value is -5.08. The van der Waals surface area contributed by atoms with Crippen LogP contribution in [0.5, 0.6) is 0 Å². The van der Waals surface area contributed by atoms with E-state index in [4.69, 9.17) is 0 Å². The Bertz CT molecular complexity index is 1790. The Labute approximate surface area is 223 Å². The maximum atomic E-state index is 2.36. The second-order valence-corrected chi connectivity index (χ2v) is 9.47. The largest absolute Gasteiger partial charge is 0.315 e. The first-order valence-corrected chi connectivity index (χ1v) is 13.0. The zero-order valence-corrected chi connectivity index (χ0v) is 20.9. The second-order valence-electron chi connectivity index (χ2n) is 9.47. The highest BCUT2D eigenvalue weighted by atomic mass is 15.2. The van der Waals surface area contributed by atoms with Crippen molar-refractivity contribution in [3.63, 3.8) is 0 Å². The highest BCUT2D eigenvalue weighted by Gasteiger charge is 2.26. The summed E-state index contributed by atoms with van der Waals surface area (Å²) in [5, 5.41) is 2.43. The zero-order valence-electron chi connectivity index (χ0n) is 20.9. The van der Waals surface area contributed by atoms with Gasteiger partial charge in [-0.25, -0.2) is 0 Å². The summed E-state index contributed by atoms with van der Waals surface area (Å²) in [6.45, 7) is 0. The van der Waals surface area contributed by atoms with Crippen LogP contribution in [0, 0.1) is 0 Å². The summed E-state index contributed by atoms with van der Waals surface area (Å²) < 4.78 is 0. The lowest BCUT2D eigenvalue weighted by Gasteiger charge is -2.34. The Morgan fingerprint density at radius 3 is 1.61 bits per heavy atom. The summed E-state index contributed by atoms with van der Waals surface area (Å²) in [6.07, 6.45) is 11.0. The molecule has 2 aliphatic heterocycles. The average Bonchev–Trinajstić information content (AvgIpc) is 3.01. The number of hydrogen-bond acceptors (Lipinski definition) is 2. The van der Waals surface area contributed by atoms with E-state index in [2.05, 4.69) is 168 Å². The quantitative estimate of drug-likeness (QED) is 0.257. The van der Waals surface area contributed by atoms with Gasteiger partial charge in [-0.3, -0.25) is 0 Å². The zero-order chi connectivity index (χ0) is 25.3. The van der Waals surface area contributed by atoms with E-state index in [1.165, 1.54) is 44.1 Å². The molecule has 0 fully saturated rings. The number of nitrogens with zero attached hydrogens (tertiary/aromatic N) is 2. The van der Waals surface area contributed by atoms with Crippen molar-refractivity contribution in [3.05, 3.63) is 168 Å². The van der Waals surface area contributed by atoms with Crippen molar-refractivity contribution in [3.8, 4) is 11.1 Å². The molecule has 2 heteroatoms. The molecule has 0 atom stereocenters. The molecule has 5 aromatic carbocycles. The number of para-hydroxylation sites is 2. The van der Waals surface area contributed by atoms with Gasteiger partial charge in [0, 0.05) is 34.2 Å². The number of allylic oxidation sites excluding steroid dienone is 2. The van der Waals surface area contributed by atoms with E-state index in [9.17, 15) is 0 Å². The highest BCUT2D eigenvalue weighted by Crippen LogP contribution is 2.39. The van der Waals surface area contributed by atoms with Crippen LogP contribution in [0.3, 0.4) is 0 Å². The SMILES string of the molecule is C1=CN(c2ccccc2)c2c3c(c(-c4ccccc4)cc2=C1)=C(c1ccccc1)C=CN3c1ccccc1. The molecule has 180 valence electrons. The van der Waals surface area contributed by atoms with Gasteiger partial charge in [0.1, 0.15) is 0 Å². The normalized spacial score (nSPS) is 13.6. The molecule has 38 heavy (non-hydrogen) atoms. The van der Waals surface area contributed by atoms with E-state index >= 15 is 0 Å². The topological polar surface area (TPSA) is 6.48 Å². The number of fused-ring (bicyclic) bond motifs is 3. The predicted molar refractivity (Wildman–Crippen MR) is 160 cm³/mol. The minimum absolute atomic E-state index is 1.13.